The summed E-state index contributed by atoms with van der Waals surface area (Å²) in [4.78, 5) is 11.5. The molecule has 0 aromatic heterocycles. The third-order valence-electron chi connectivity index (χ3n) is 2.57. The van der Waals surface area contributed by atoms with Crippen LogP contribution >= 0.6 is 0 Å². The Kier molecular flexibility index (Phi) is 8.21. The topological polar surface area (TPSA) is 75.3 Å². The van der Waals surface area contributed by atoms with Crippen LogP contribution in [0.15, 0.2) is 0 Å². The Hall–Kier alpha value is -0.610. The molecule has 0 saturated carbocycles. The molecule has 0 saturated heterocycles. The van der Waals surface area contributed by atoms with Crippen molar-refractivity contribution in [2.45, 2.75) is 57.9 Å². The summed E-state index contributed by atoms with van der Waals surface area (Å²) in [6, 6.07) is 0. The lowest BCUT2D eigenvalue weighted by atomic mass is 10.0. The van der Waals surface area contributed by atoms with Gasteiger partial charge in [0, 0.05) is 18.6 Å². The van der Waals surface area contributed by atoms with Crippen molar-refractivity contribution in [3.8, 4) is 0 Å². The van der Waals surface area contributed by atoms with Gasteiger partial charge in [0.15, 0.2) is 0 Å². The summed E-state index contributed by atoms with van der Waals surface area (Å²) in [5, 5.41) is 11.7. The van der Waals surface area contributed by atoms with Gasteiger partial charge in [-0.15, -0.1) is 0 Å². The molecule has 1 amide bonds. The minimum Gasteiger partial charge on any atom is -0.396 e. The van der Waals surface area contributed by atoms with Crippen molar-refractivity contribution in [1.82, 2.24) is 5.32 Å². The normalized spacial score (nSPS) is 11.5. The molecule has 0 aliphatic heterocycles. The van der Waals surface area contributed by atoms with E-state index in [1.165, 1.54) is 0 Å². The number of aliphatic hydroxyl groups excluding tert-OH is 1. The number of unbranched alkanes of at least 4 members (excludes halogenated alkanes) is 3. The van der Waals surface area contributed by atoms with Gasteiger partial charge in [-0.2, -0.15) is 0 Å². The van der Waals surface area contributed by atoms with Gasteiger partial charge < -0.3 is 16.2 Å². The van der Waals surface area contributed by atoms with Crippen LogP contribution in [-0.4, -0.2) is 29.7 Å². The standard InChI is InChI=1S/C12H26N2O2/c1-12(2,8-10-15)14-11(16)7-5-3-4-6-9-13/h15H,3-10,13H2,1-2H3,(H,14,16). The van der Waals surface area contributed by atoms with Gasteiger partial charge in [0.1, 0.15) is 0 Å². The number of nitrogens with one attached hydrogen (secondary N) is 1. The Morgan fingerprint density at radius 1 is 1.25 bits per heavy atom. The smallest absolute Gasteiger partial charge is 0.220 e. The fourth-order valence-corrected chi connectivity index (χ4v) is 1.57. The molecule has 4 heteroatoms. The van der Waals surface area contributed by atoms with Gasteiger partial charge in [-0.3, -0.25) is 4.79 Å². The van der Waals surface area contributed by atoms with Gasteiger partial charge in [-0.25, -0.2) is 0 Å². The van der Waals surface area contributed by atoms with E-state index in [0.717, 1.165) is 32.2 Å². The number of carbonyl (C=O) groups is 1. The number of nitrogens with two attached hydrogens (primary N) is 1. The lowest BCUT2D eigenvalue weighted by Gasteiger charge is -2.25. The molecule has 0 bridgehead atoms. The molecular weight excluding hydrogens is 204 g/mol. The Morgan fingerprint density at radius 2 is 1.88 bits per heavy atom. The van der Waals surface area contributed by atoms with Crippen LogP contribution in [0.5, 0.6) is 0 Å². The lowest BCUT2D eigenvalue weighted by Crippen LogP contribution is -2.43. The molecule has 96 valence electrons. The molecule has 4 nitrogen and oxygen atoms in total. The summed E-state index contributed by atoms with van der Waals surface area (Å²) in [6.07, 6.45) is 5.28. The van der Waals surface area contributed by atoms with Crippen LogP contribution in [0, 0.1) is 0 Å². The van der Waals surface area contributed by atoms with E-state index in [9.17, 15) is 4.79 Å². The summed E-state index contributed by atoms with van der Waals surface area (Å²) >= 11 is 0. The molecule has 0 aromatic carbocycles. The third-order valence-corrected chi connectivity index (χ3v) is 2.57. The third kappa shape index (κ3) is 8.68. The Balaban J connectivity index is 3.58. The minimum atomic E-state index is -0.302. The summed E-state index contributed by atoms with van der Waals surface area (Å²) < 4.78 is 0. The fraction of sp³-hybridized carbons (Fsp3) is 0.917. The molecule has 0 fully saturated rings. The zero-order chi connectivity index (χ0) is 12.4. The molecule has 0 aromatic rings. The predicted molar refractivity (Wildman–Crippen MR) is 66.1 cm³/mol. The van der Waals surface area contributed by atoms with Crippen molar-refractivity contribution in [1.29, 1.82) is 0 Å². The predicted octanol–water partition coefficient (Wildman–Crippen LogP) is 1.17. The van der Waals surface area contributed by atoms with Gasteiger partial charge in [-0.1, -0.05) is 12.8 Å². The van der Waals surface area contributed by atoms with Crippen molar-refractivity contribution in [2.75, 3.05) is 13.2 Å². The first-order chi connectivity index (χ1) is 7.52. The van der Waals surface area contributed by atoms with E-state index in [4.69, 9.17) is 10.8 Å². The molecule has 0 spiro atoms. The molecule has 0 unspecified atom stereocenters. The number of hydrogen-bond donors (Lipinski definition) is 3. The maximum absolute atomic E-state index is 11.5. The van der Waals surface area contributed by atoms with Crippen LogP contribution < -0.4 is 11.1 Å². The van der Waals surface area contributed by atoms with Crippen molar-refractivity contribution >= 4 is 5.91 Å². The number of rotatable bonds is 9. The summed E-state index contributed by atoms with van der Waals surface area (Å²) in [5.74, 6) is 0.0752. The maximum Gasteiger partial charge on any atom is 0.220 e. The van der Waals surface area contributed by atoms with E-state index in [-0.39, 0.29) is 18.1 Å². The molecule has 0 rings (SSSR count). The van der Waals surface area contributed by atoms with Crippen LogP contribution in [0.4, 0.5) is 0 Å². The van der Waals surface area contributed by atoms with Crippen molar-refractivity contribution in [3.63, 3.8) is 0 Å². The minimum absolute atomic E-state index is 0.0752. The quantitative estimate of drug-likeness (QED) is 0.520. The van der Waals surface area contributed by atoms with Crippen LogP contribution in [0.25, 0.3) is 0 Å². The van der Waals surface area contributed by atoms with Crippen LogP contribution in [0.2, 0.25) is 0 Å². The highest BCUT2D eigenvalue weighted by molar-refractivity contribution is 5.76. The molecule has 0 radical (unpaired) electrons. The van der Waals surface area contributed by atoms with E-state index >= 15 is 0 Å². The average molecular weight is 230 g/mol. The van der Waals surface area contributed by atoms with Gasteiger partial charge in [0.25, 0.3) is 0 Å². The number of aliphatic hydroxyl groups is 1. The van der Waals surface area contributed by atoms with E-state index in [0.29, 0.717) is 12.8 Å². The zero-order valence-electron chi connectivity index (χ0n) is 10.6. The highest BCUT2D eigenvalue weighted by Crippen LogP contribution is 2.09. The average Bonchev–Trinajstić information content (AvgIpc) is 2.16. The first-order valence-electron chi connectivity index (χ1n) is 6.14. The number of hydrogen-bond acceptors (Lipinski definition) is 3. The van der Waals surface area contributed by atoms with Gasteiger partial charge >= 0.3 is 0 Å². The first-order valence-corrected chi connectivity index (χ1v) is 6.14. The fourth-order valence-electron chi connectivity index (χ4n) is 1.57. The van der Waals surface area contributed by atoms with Crippen LogP contribution in [0.3, 0.4) is 0 Å². The summed E-state index contributed by atoms with van der Waals surface area (Å²) in [7, 11) is 0. The Labute approximate surface area is 98.6 Å². The summed E-state index contributed by atoms with van der Waals surface area (Å²) in [5.41, 5.74) is 5.08. The second kappa shape index (κ2) is 8.53. The molecule has 0 atom stereocenters. The van der Waals surface area contributed by atoms with Crippen LogP contribution in [0.1, 0.15) is 52.4 Å². The largest absolute Gasteiger partial charge is 0.396 e. The highest BCUT2D eigenvalue weighted by Gasteiger charge is 2.18. The molecule has 0 aliphatic carbocycles. The van der Waals surface area contributed by atoms with E-state index < -0.39 is 0 Å². The summed E-state index contributed by atoms with van der Waals surface area (Å²) in [6.45, 7) is 4.69. The SMILES string of the molecule is CC(C)(CCO)NC(=O)CCCCCCN. The monoisotopic (exact) mass is 230 g/mol. The van der Waals surface area contributed by atoms with E-state index in [1.807, 2.05) is 13.8 Å². The molecule has 16 heavy (non-hydrogen) atoms. The van der Waals surface area contributed by atoms with E-state index in [2.05, 4.69) is 5.32 Å². The molecule has 0 aliphatic rings. The second-order valence-electron chi connectivity index (χ2n) is 4.86. The highest BCUT2D eigenvalue weighted by atomic mass is 16.3. The van der Waals surface area contributed by atoms with E-state index in [1.54, 1.807) is 0 Å². The Morgan fingerprint density at radius 3 is 2.44 bits per heavy atom. The van der Waals surface area contributed by atoms with Gasteiger partial charge in [0.2, 0.25) is 5.91 Å². The number of carbonyl (C=O) groups excluding carboxylic acids is 1. The van der Waals surface area contributed by atoms with Gasteiger partial charge in [0.05, 0.1) is 0 Å². The molecule has 0 heterocycles. The van der Waals surface area contributed by atoms with Crippen molar-refractivity contribution in [3.05, 3.63) is 0 Å². The first kappa shape index (κ1) is 15.4. The van der Waals surface area contributed by atoms with Crippen LogP contribution in [-0.2, 0) is 4.79 Å². The van der Waals surface area contributed by atoms with Crippen molar-refractivity contribution in [2.24, 2.45) is 5.73 Å². The molecule has 4 N–H and O–H groups in total. The molecular formula is C12H26N2O2. The second-order valence-corrected chi connectivity index (χ2v) is 4.86. The van der Waals surface area contributed by atoms with Gasteiger partial charge in [-0.05, 0) is 39.7 Å². The zero-order valence-corrected chi connectivity index (χ0v) is 10.6. The maximum atomic E-state index is 11.5. The van der Waals surface area contributed by atoms with Crippen molar-refractivity contribution < 1.29 is 9.90 Å². The number of amides is 1. The lowest BCUT2D eigenvalue weighted by molar-refractivity contribution is -0.122. The Bertz CT molecular complexity index is 193.